The molecule has 1 N–H and O–H groups in total. The fraction of sp³-hybridized carbons (Fsp3) is 0.200. The molecule has 0 saturated carbocycles. The van der Waals surface area contributed by atoms with Crippen molar-refractivity contribution in [2.45, 2.75) is 6.10 Å². The lowest BCUT2D eigenvalue weighted by atomic mass is 10.1. The van der Waals surface area contributed by atoms with Crippen LogP contribution in [-0.2, 0) is 0 Å². The maximum absolute atomic E-state index is 12.0. The fourth-order valence-corrected chi connectivity index (χ4v) is 2.42. The Kier molecular flexibility index (Phi) is 2.96. The third-order valence-corrected chi connectivity index (χ3v) is 3.61. The summed E-state index contributed by atoms with van der Waals surface area (Å²) < 4.78 is 5.80. The molecule has 0 radical (unpaired) electrons. The van der Waals surface area contributed by atoms with E-state index in [4.69, 9.17) is 4.74 Å². The Morgan fingerprint density at radius 2 is 2.09 bits per heavy atom. The van der Waals surface area contributed by atoms with Crippen molar-refractivity contribution < 1.29 is 9.53 Å². The molecule has 7 heteroatoms. The number of carbonyl (C=O) groups excluding carboxylic acids is 1. The number of H-pyrrole nitrogens is 1. The van der Waals surface area contributed by atoms with Crippen LogP contribution in [0.3, 0.4) is 0 Å². The van der Waals surface area contributed by atoms with E-state index >= 15 is 0 Å². The standard InChI is InChI=1S/C15H13N5O2/c21-15(14-16-9-17-19-14)20-7-11(8-20)22-13-6-5-10-3-1-2-4-12(10)18-13/h1-6,9,11H,7-8H2,(H,16,17,19). The zero-order valence-corrected chi connectivity index (χ0v) is 11.6. The smallest absolute Gasteiger partial charge is 0.291 e. The van der Waals surface area contributed by atoms with E-state index in [1.807, 2.05) is 36.4 Å². The topological polar surface area (TPSA) is 84.0 Å². The van der Waals surface area contributed by atoms with Crippen LogP contribution >= 0.6 is 0 Å². The van der Waals surface area contributed by atoms with Gasteiger partial charge < -0.3 is 9.64 Å². The predicted molar refractivity (Wildman–Crippen MR) is 78.4 cm³/mol. The van der Waals surface area contributed by atoms with E-state index in [0.717, 1.165) is 10.9 Å². The lowest BCUT2D eigenvalue weighted by Crippen LogP contribution is -2.56. The van der Waals surface area contributed by atoms with Gasteiger partial charge >= 0.3 is 0 Å². The number of ether oxygens (including phenoxy) is 1. The number of nitrogens with one attached hydrogen (secondary N) is 1. The molecule has 1 aromatic carbocycles. The molecule has 22 heavy (non-hydrogen) atoms. The first-order valence-corrected chi connectivity index (χ1v) is 6.97. The van der Waals surface area contributed by atoms with Crippen LogP contribution in [0.1, 0.15) is 10.6 Å². The molecule has 2 aromatic heterocycles. The first-order chi connectivity index (χ1) is 10.8. The van der Waals surface area contributed by atoms with Crippen molar-refractivity contribution in [3.05, 3.63) is 48.5 Å². The summed E-state index contributed by atoms with van der Waals surface area (Å²) in [5, 5.41) is 7.31. The molecule has 7 nitrogen and oxygen atoms in total. The molecule has 1 fully saturated rings. The molecule has 0 unspecified atom stereocenters. The van der Waals surface area contributed by atoms with E-state index in [9.17, 15) is 4.79 Å². The van der Waals surface area contributed by atoms with Crippen LogP contribution in [0.5, 0.6) is 5.88 Å². The maximum Gasteiger partial charge on any atom is 0.291 e. The van der Waals surface area contributed by atoms with E-state index in [1.54, 1.807) is 4.90 Å². The molecule has 0 spiro atoms. The largest absolute Gasteiger partial charge is 0.471 e. The molecule has 0 atom stereocenters. The van der Waals surface area contributed by atoms with Crippen molar-refractivity contribution >= 4 is 16.8 Å². The van der Waals surface area contributed by atoms with Gasteiger partial charge in [0.25, 0.3) is 5.91 Å². The minimum absolute atomic E-state index is 0.0412. The van der Waals surface area contributed by atoms with Gasteiger partial charge in [-0.05, 0) is 12.1 Å². The van der Waals surface area contributed by atoms with Gasteiger partial charge in [-0.3, -0.25) is 9.89 Å². The molecule has 3 heterocycles. The molecular weight excluding hydrogens is 282 g/mol. The zero-order chi connectivity index (χ0) is 14.9. The Bertz CT molecular complexity index is 812. The Morgan fingerprint density at radius 1 is 1.23 bits per heavy atom. The summed E-state index contributed by atoms with van der Waals surface area (Å²) in [6.07, 6.45) is 1.28. The Hall–Kier alpha value is -2.96. The highest BCUT2D eigenvalue weighted by molar-refractivity contribution is 5.90. The Balaban J connectivity index is 1.40. The molecule has 1 saturated heterocycles. The maximum atomic E-state index is 12.0. The Labute approximate surface area is 125 Å². The summed E-state index contributed by atoms with van der Waals surface area (Å²) in [6, 6.07) is 11.7. The highest BCUT2D eigenvalue weighted by Gasteiger charge is 2.34. The second kappa shape index (κ2) is 5.10. The monoisotopic (exact) mass is 295 g/mol. The highest BCUT2D eigenvalue weighted by atomic mass is 16.5. The van der Waals surface area contributed by atoms with Crippen molar-refractivity contribution in [1.82, 2.24) is 25.1 Å². The average molecular weight is 295 g/mol. The fourth-order valence-electron chi connectivity index (χ4n) is 2.42. The van der Waals surface area contributed by atoms with Crippen molar-refractivity contribution in [2.75, 3.05) is 13.1 Å². The van der Waals surface area contributed by atoms with Gasteiger partial charge in [0.2, 0.25) is 11.7 Å². The summed E-state index contributed by atoms with van der Waals surface area (Å²) in [6.45, 7) is 1.04. The van der Waals surface area contributed by atoms with Gasteiger partial charge in [-0.2, -0.15) is 5.10 Å². The third kappa shape index (κ3) is 2.26. The van der Waals surface area contributed by atoms with Crippen LogP contribution in [0.15, 0.2) is 42.7 Å². The van der Waals surface area contributed by atoms with Crippen LogP contribution in [0.2, 0.25) is 0 Å². The molecular formula is C15H13N5O2. The third-order valence-electron chi connectivity index (χ3n) is 3.61. The summed E-state index contributed by atoms with van der Waals surface area (Å²) in [4.78, 5) is 22.0. The number of amides is 1. The summed E-state index contributed by atoms with van der Waals surface area (Å²) >= 11 is 0. The molecule has 110 valence electrons. The quantitative estimate of drug-likeness (QED) is 0.786. The van der Waals surface area contributed by atoms with E-state index in [1.165, 1.54) is 6.33 Å². The Morgan fingerprint density at radius 3 is 2.91 bits per heavy atom. The lowest BCUT2D eigenvalue weighted by Gasteiger charge is -2.37. The SMILES string of the molecule is O=C(c1ncn[nH]1)N1CC(Oc2ccc3ccccc3n2)C1. The highest BCUT2D eigenvalue weighted by Crippen LogP contribution is 2.20. The number of hydrogen-bond acceptors (Lipinski definition) is 5. The molecule has 0 bridgehead atoms. The van der Waals surface area contributed by atoms with E-state index in [-0.39, 0.29) is 17.8 Å². The number of fused-ring (bicyclic) bond motifs is 1. The van der Waals surface area contributed by atoms with Crippen molar-refractivity contribution in [3.63, 3.8) is 0 Å². The van der Waals surface area contributed by atoms with Crippen molar-refractivity contribution in [1.29, 1.82) is 0 Å². The molecule has 3 aromatic rings. The number of pyridine rings is 1. The molecule has 0 aliphatic carbocycles. The number of benzene rings is 1. The number of para-hydroxylation sites is 1. The normalized spacial score (nSPS) is 14.8. The number of carbonyl (C=O) groups is 1. The second-order valence-corrected chi connectivity index (χ2v) is 5.13. The average Bonchev–Trinajstić information content (AvgIpc) is 3.04. The van der Waals surface area contributed by atoms with Crippen LogP contribution in [0, 0.1) is 0 Å². The number of hydrogen-bond donors (Lipinski definition) is 1. The molecule has 4 rings (SSSR count). The number of aromatic amines is 1. The number of rotatable bonds is 3. The van der Waals surface area contributed by atoms with E-state index in [2.05, 4.69) is 20.2 Å². The molecule has 1 aliphatic rings. The van der Waals surface area contributed by atoms with Gasteiger partial charge in [0.05, 0.1) is 18.6 Å². The van der Waals surface area contributed by atoms with Gasteiger partial charge in [0.15, 0.2) is 0 Å². The first kappa shape index (κ1) is 12.8. The van der Waals surface area contributed by atoms with Gasteiger partial charge in [-0.25, -0.2) is 9.97 Å². The number of aromatic nitrogens is 4. The zero-order valence-electron chi connectivity index (χ0n) is 11.6. The van der Waals surface area contributed by atoms with E-state index in [0.29, 0.717) is 19.0 Å². The van der Waals surface area contributed by atoms with Crippen LogP contribution in [0.4, 0.5) is 0 Å². The van der Waals surface area contributed by atoms with Crippen LogP contribution in [-0.4, -0.2) is 50.2 Å². The summed E-state index contributed by atoms with van der Waals surface area (Å²) in [7, 11) is 0. The molecule has 1 amide bonds. The number of nitrogens with zero attached hydrogens (tertiary/aromatic N) is 4. The summed E-state index contributed by atoms with van der Waals surface area (Å²) in [5.41, 5.74) is 0.897. The van der Waals surface area contributed by atoms with Crippen molar-refractivity contribution in [2.24, 2.45) is 0 Å². The predicted octanol–water partition coefficient (Wildman–Crippen LogP) is 1.26. The summed E-state index contributed by atoms with van der Waals surface area (Å²) in [5.74, 6) is 0.668. The van der Waals surface area contributed by atoms with Gasteiger partial charge in [-0.1, -0.05) is 18.2 Å². The van der Waals surface area contributed by atoms with Crippen LogP contribution < -0.4 is 4.74 Å². The van der Waals surface area contributed by atoms with Crippen molar-refractivity contribution in [3.8, 4) is 5.88 Å². The second-order valence-electron chi connectivity index (χ2n) is 5.13. The van der Waals surface area contributed by atoms with Gasteiger partial charge in [0, 0.05) is 11.5 Å². The van der Waals surface area contributed by atoms with Gasteiger partial charge in [-0.15, -0.1) is 0 Å². The van der Waals surface area contributed by atoms with Gasteiger partial charge in [0.1, 0.15) is 12.4 Å². The number of likely N-dealkylation sites (tertiary alicyclic amines) is 1. The molecule has 1 aliphatic heterocycles. The minimum Gasteiger partial charge on any atom is -0.471 e. The minimum atomic E-state index is -0.163. The van der Waals surface area contributed by atoms with Crippen LogP contribution in [0.25, 0.3) is 10.9 Å². The van der Waals surface area contributed by atoms with E-state index < -0.39 is 0 Å². The lowest BCUT2D eigenvalue weighted by molar-refractivity contribution is 0.0153. The first-order valence-electron chi connectivity index (χ1n) is 6.97.